The van der Waals surface area contributed by atoms with E-state index in [-0.39, 0.29) is 19.1 Å². The molecule has 1 aliphatic rings. The van der Waals surface area contributed by atoms with Gasteiger partial charge in [-0.2, -0.15) is 0 Å². The van der Waals surface area contributed by atoms with Gasteiger partial charge in [0, 0.05) is 12.2 Å². The number of rotatable bonds is 6. The summed E-state index contributed by atoms with van der Waals surface area (Å²) in [5.41, 5.74) is 0. The molecule has 1 rings (SSSR count). The van der Waals surface area contributed by atoms with Gasteiger partial charge in [-0.25, -0.2) is 9.59 Å². The van der Waals surface area contributed by atoms with Gasteiger partial charge in [-0.1, -0.05) is 6.42 Å². The van der Waals surface area contributed by atoms with Gasteiger partial charge in [0.15, 0.2) is 0 Å². The van der Waals surface area contributed by atoms with Gasteiger partial charge in [0.1, 0.15) is 12.7 Å². The fraction of sp³-hybridized carbons (Fsp3) is 0.615. The molecular formula is C13H18O6. The van der Waals surface area contributed by atoms with Gasteiger partial charge in [0.25, 0.3) is 0 Å². The van der Waals surface area contributed by atoms with Crippen LogP contribution in [0, 0.1) is 0 Å². The third-order valence-electron chi connectivity index (χ3n) is 2.75. The Morgan fingerprint density at radius 3 is 2.32 bits per heavy atom. The van der Waals surface area contributed by atoms with Crippen molar-refractivity contribution >= 4 is 17.9 Å². The number of esters is 2. The molecule has 0 atom stereocenters. The summed E-state index contributed by atoms with van der Waals surface area (Å²) in [4.78, 5) is 32.7. The number of carboxylic acid groups (broad SMARTS) is 1. The second kappa shape index (κ2) is 8.29. The van der Waals surface area contributed by atoms with E-state index >= 15 is 0 Å². The van der Waals surface area contributed by atoms with Crippen molar-refractivity contribution in [1.82, 2.24) is 0 Å². The van der Waals surface area contributed by atoms with Crippen LogP contribution >= 0.6 is 0 Å². The van der Waals surface area contributed by atoms with Crippen molar-refractivity contribution in [2.75, 3.05) is 6.61 Å². The van der Waals surface area contributed by atoms with Crippen LogP contribution < -0.4 is 0 Å². The third kappa shape index (κ3) is 7.23. The highest BCUT2D eigenvalue weighted by Gasteiger charge is 2.16. The number of carbonyl (C=O) groups is 3. The number of carboxylic acids is 1. The van der Waals surface area contributed by atoms with Gasteiger partial charge in [-0.3, -0.25) is 4.79 Å². The van der Waals surface area contributed by atoms with E-state index in [0.29, 0.717) is 0 Å². The third-order valence-corrected chi connectivity index (χ3v) is 2.75. The SMILES string of the molecule is O=C(O)CCOC(=O)/C=C/C(=O)OC1CCCCC1. The smallest absolute Gasteiger partial charge is 0.331 e. The first-order valence-electron chi connectivity index (χ1n) is 6.35. The summed E-state index contributed by atoms with van der Waals surface area (Å²) in [6.07, 6.45) is 6.65. The molecule has 0 aliphatic heterocycles. The Hall–Kier alpha value is -1.85. The lowest BCUT2D eigenvalue weighted by Gasteiger charge is -2.20. The summed E-state index contributed by atoms with van der Waals surface area (Å²) < 4.78 is 9.74. The van der Waals surface area contributed by atoms with E-state index in [1.165, 1.54) is 6.42 Å². The van der Waals surface area contributed by atoms with E-state index in [2.05, 4.69) is 4.74 Å². The molecule has 1 saturated carbocycles. The summed E-state index contributed by atoms with van der Waals surface area (Å²) >= 11 is 0. The first-order valence-corrected chi connectivity index (χ1v) is 6.35. The van der Waals surface area contributed by atoms with Gasteiger partial charge in [-0.05, 0) is 25.7 Å². The molecular weight excluding hydrogens is 252 g/mol. The van der Waals surface area contributed by atoms with E-state index in [4.69, 9.17) is 9.84 Å². The summed E-state index contributed by atoms with van der Waals surface area (Å²) in [6.45, 7) is -0.212. The molecule has 0 unspecified atom stereocenters. The zero-order valence-corrected chi connectivity index (χ0v) is 10.7. The maximum atomic E-state index is 11.4. The summed E-state index contributed by atoms with van der Waals surface area (Å²) in [5.74, 6) is -2.36. The molecule has 0 radical (unpaired) electrons. The highest BCUT2D eigenvalue weighted by Crippen LogP contribution is 2.20. The minimum atomic E-state index is -1.05. The second-order valence-corrected chi connectivity index (χ2v) is 4.34. The van der Waals surface area contributed by atoms with Crippen molar-refractivity contribution < 1.29 is 29.0 Å². The van der Waals surface area contributed by atoms with Crippen molar-refractivity contribution in [3.63, 3.8) is 0 Å². The fourth-order valence-corrected chi connectivity index (χ4v) is 1.81. The van der Waals surface area contributed by atoms with Crippen LogP contribution in [0.2, 0.25) is 0 Å². The van der Waals surface area contributed by atoms with Crippen molar-refractivity contribution in [2.24, 2.45) is 0 Å². The molecule has 0 spiro atoms. The largest absolute Gasteiger partial charge is 0.481 e. The average molecular weight is 270 g/mol. The van der Waals surface area contributed by atoms with Crippen LogP contribution in [0.15, 0.2) is 12.2 Å². The van der Waals surface area contributed by atoms with Crippen molar-refractivity contribution in [2.45, 2.75) is 44.6 Å². The first kappa shape index (κ1) is 15.2. The van der Waals surface area contributed by atoms with Crippen LogP contribution in [0.4, 0.5) is 0 Å². The Labute approximate surface area is 111 Å². The standard InChI is InChI=1S/C13H18O6/c14-11(15)8-9-18-12(16)6-7-13(17)19-10-4-2-1-3-5-10/h6-7,10H,1-5,8-9H2,(H,14,15)/b7-6+. The molecule has 0 bridgehead atoms. The highest BCUT2D eigenvalue weighted by atomic mass is 16.5. The zero-order chi connectivity index (χ0) is 14.1. The Bertz CT molecular complexity index is 354. The summed E-state index contributed by atoms with van der Waals surface area (Å²) in [5, 5.41) is 8.34. The second-order valence-electron chi connectivity index (χ2n) is 4.34. The molecule has 6 nitrogen and oxygen atoms in total. The van der Waals surface area contributed by atoms with Crippen LogP contribution in [0.25, 0.3) is 0 Å². The van der Waals surface area contributed by atoms with Crippen LogP contribution in [0.5, 0.6) is 0 Å². The minimum absolute atomic E-state index is 0.0612. The van der Waals surface area contributed by atoms with Gasteiger partial charge in [0.2, 0.25) is 0 Å². The van der Waals surface area contributed by atoms with Crippen LogP contribution in [0.3, 0.4) is 0 Å². The van der Waals surface area contributed by atoms with Crippen LogP contribution in [0.1, 0.15) is 38.5 Å². The molecule has 0 aromatic carbocycles. The van der Waals surface area contributed by atoms with Crippen molar-refractivity contribution in [3.8, 4) is 0 Å². The number of carbonyl (C=O) groups excluding carboxylic acids is 2. The molecule has 0 heterocycles. The fourth-order valence-electron chi connectivity index (χ4n) is 1.81. The zero-order valence-electron chi connectivity index (χ0n) is 10.7. The van der Waals surface area contributed by atoms with Crippen LogP contribution in [-0.4, -0.2) is 35.7 Å². The van der Waals surface area contributed by atoms with E-state index in [1.54, 1.807) is 0 Å². The normalized spacial score (nSPS) is 16.2. The number of hydrogen-bond donors (Lipinski definition) is 1. The predicted octanol–water partition coefficient (Wildman–Crippen LogP) is 1.44. The molecule has 6 heteroatoms. The van der Waals surface area contributed by atoms with E-state index in [9.17, 15) is 14.4 Å². The quantitative estimate of drug-likeness (QED) is 0.580. The van der Waals surface area contributed by atoms with Gasteiger partial charge in [-0.15, -0.1) is 0 Å². The predicted molar refractivity (Wildman–Crippen MR) is 65.3 cm³/mol. The van der Waals surface area contributed by atoms with Gasteiger partial charge < -0.3 is 14.6 Å². The topological polar surface area (TPSA) is 89.9 Å². The molecule has 19 heavy (non-hydrogen) atoms. The maximum absolute atomic E-state index is 11.4. The van der Waals surface area contributed by atoms with Gasteiger partial charge >= 0.3 is 17.9 Å². The molecule has 0 aromatic rings. The Morgan fingerprint density at radius 1 is 1.05 bits per heavy atom. The van der Waals surface area contributed by atoms with Crippen molar-refractivity contribution in [3.05, 3.63) is 12.2 Å². The van der Waals surface area contributed by atoms with E-state index < -0.39 is 17.9 Å². The lowest BCUT2D eigenvalue weighted by atomic mass is 9.98. The number of ether oxygens (including phenoxy) is 2. The molecule has 1 aliphatic carbocycles. The Balaban J connectivity index is 2.20. The van der Waals surface area contributed by atoms with Crippen molar-refractivity contribution in [1.29, 1.82) is 0 Å². The molecule has 1 fully saturated rings. The first-order chi connectivity index (χ1) is 9.08. The Kier molecular flexibility index (Phi) is 6.63. The lowest BCUT2D eigenvalue weighted by molar-refractivity contribution is -0.146. The van der Waals surface area contributed by atoms with E-state index in [1.807, 2.05) is 0 Å². The average Bonchev–Trinajstić information content (AvgIpc) is 2.37. The monoisotopic (exact) mass is 270 g/mol. The molecule has 0 amide bonds. The molecule has 1 N–H and O–H groups in total. The highest BCUT2D eigenvalue weighted by molar-refractivity contribution is 5.91. The number of hydrogen-bond acceptors (Lipinski definition) is 5. The summed E-state index contributed by atoms with van der Waals surface area (Å²) in [7, 11) is 0. The summed E-state index contributed by atoms with van der Waals surface area (Å²) in [6, 6.07) is 0. The molecule has 0 saturated heterocycles. The van der Waals surface area contributed by atoms with Crippen LogP contribution in [-0.2, 0) is 23.9 Å². The lowest BCUT2D eigenvalue weighted by Crippen LogP contribution is -2.19. The molecule has 106 valence electrons. The Morgan fingerprint density at radius 2 is 1.68 bits per heavy atom. The minimum Gasteiger partial charge on any atom is -0.481 e. The maximum Gasteiger partial charge on any atom is 0.331 e. The molecule has 0 aromatic heterocycles. The van der Waals surface area contributed by atoms with E-state index in [0.717, 1.165) is 37.8 Å². The van der Waals surface area contributed by atoms with Gasteiger partial charge in [0.05, 0.1) is 6.42 Å². The number of aliphatic carboxylic acids is 1.